The minimum absolute atomic E-state index is 0.703. The van der Waals surface area contributed by atoms with Gasteiger partial charge < -0.3 is 10.6 Å². The molecule has 112 valence electrons. The molecule has 0 spiro atoms. The van der Waals surface area contributed by atoms with Crippen LogP contribution in [0.3, 0.4) is 0 Å². The summed E-state index contributed by atoms with van der Waals surface area (Å²) in [6.45, 7) is 5.23. The zero-order valence-electron chi connectivity index (χ0n) is 13.2. The maximum atomic E-state index is 6.04. The van der Waals surface area contributed by atoms with Crippen molar-refractivity contribution in [2.75, 3.05) is 24.2 Å². The van der Waals surface area contributed by atoms with Crippen molar-refractivity contribution >= 4 is 22.4 Å². The average molecular weight is 292 g/mol. The molecule has 0 radical (unpaired) electrons. The lowest BCUT2D eigenvalue weighted by atomic mass is 10.00. The molecule has 0 saturated heterocycles. The Hall–Kier alpha value is -2.62. The number of hydrogen-bond donors (Lipinski definition) is 1. The molecule has 3 aromatic rings. The minimum atomic E-state index is 0.703. The lowest BCUT2D eigenvalue weighted by molar-refractivity contribution is 0.961. The fourth-order valence-electron chi connectivity index (χ4n) is 2.68. The van der Waals surface area contributed by atoms with Gasteiger partial charge in [-0.1, -0.05) is 12.1 Å². The highest BCUT2D eigenvalue weighted by Gasteiger charge is 2.10. The van der Waals surface area contributed by atoms with E-state index in [2.05, 4.69) is 54.0 Å². The summed E-state index contributed by atoms with van der Waals surface area (Å²) in [5, 5.41) is 0. The van der Waals surface area contributed by atoms with Crippen LogP contribution >= 0.6 is 0 Å². The van der Waals surface area contributed by atoms with Gasteiger partial charge in [0, 0.05) is 42.9 Å². The van der Waals surface area contributed by atoms with Crippen molar-refractivity contribution in [2.45, 2.75) is 13.8 Å². The van der Waals surface area contributed by atoms with Crippen LogP contribution in [0.2, 0.25) is 0 Å². The van der Waals surface area contributed by atoms with Gasteiger partial charge >= 0.3 is 0 Å². The molecular weight excluding hydrogens is 272 g/mol. The van der Waals surface area contributed by atoms with E-state index in [4.69, 9.17) is 5.73 Å². The molecular formula is C18H20N4. The summed E-state index contributed by atoms with van der Waals surface area (Å²) < 4.78 is 0. The summed E-state index contributed by atoms with van der Waals surface area (Å²) in [5.41, 5.74) is 13.1. The molecule has 0 aliphatic carbocycles. The van der Waals surface area contributed by atoms with E-state index in [9.17, 15) is 0 Å². The first-order valence-corrected chi connectivity index (χ1v) is 7.42. The highest BCUT2D eigenvalue weighted by Crippen LogP contribution is 2.32. The lowest BCUT2D eigenvalue weighted by Gasteiger charge is -2.20. The van der Waals surface area contributed by atoms with Crippen LogP contribution in [-0.2, 0) is 0 Å². The van der Waals surface area contributed by atoms with Crippen LogP contribution in [0.4, 0.5) is 11.4 Å². The second-order valence-corrected chi connectivity index (χ2v) is 5.51. The maximum absolute atomic E-state index is 6.04. The van der Waals surface area contributed by atoms with Gasteiger partial charge in [0.15, 0.2) is 0 Å². The highest BCUT2D eigenvalue weighted by atomic mass is 15.1. The molecule has 0 aliphatic heterocycles. The fraction of sp³-hybridized carbons (Fsp3) is 0.222. The molecule has 2 aromatic carbocycles. The Bertz CT molecular complexity index is 826. The first-order chi connectivity index (χ1) is 10.6. The molecule has 0 amide bonds. The molecule has 4 heteroatoms. The summed E-state index contributed by atoms with van der Waals surface area (Å²) in [7, 11) is 2.10. The van der Waals surface area contributed by atoms with Gasteiger partial charge in [0.2, 0.25) is 0 Å². The van der Waals surface area contributed by atoms with E-state index < -0.39 is 0 Å². The lowest BCUT2D eigenvalue weighted by Crippen LogP contribution is -2.16. The summed E-state index contributed by atoms with van der Waals surface area (Å²) in [6.07, 6.45) is 3.41. The largest absolute Gasteiger partial charge is 0.399 e. The van der Waals surface area contributed by atoms with Crippen molar-refractivity contribution in [3.63, 3.8) is 0 Å². The van der Waals surface area contributed by atoms with Crippen LogP contribution in [-0.4, -0.2) is 23.6 Å². The number of benzene rings is 2. The molecule has 0 saturated carbocycles. The predicted octanol–water partition coefficient (Wildman–Crippen LogP) is 3.64. The Morgan fingerprint density at radius 1 is 1.09 bits per heavy atom. The molecule has 2 N–H and O–H groups in total. The van der Waals surface area contributed by atoms with Crippen molar-refractivity contribution < 1.29 is 0 Å². The number of fused-ring (bicyclic) bond motifs is 1. The smallest absolute Gasteiger partial charge is 0.0966 e. The SMILES string of the molecule is CCN(C)c1cc(-c2cc(N)cc3nccnc23)ccc1C. The van der Waals surface area contributed by atoms with Crippen LogP contribution in [0, 0.1) is 6.92 Å². The van der Waals surface area contributed by atoms with E-state index in [-0.39, 0.29) is 0 Å². The molecule has 0 bridgehead atoms. The molecule has 22 heavy (non-hydrogen) atoms. The van der Waals surface area contributed by atoms with Gasteiger partial charge in [0.05, 0.1) is 11.0 Å². The van der Waals surface area contributed by atoms with E-state index in [0.29, 0.717) is 5.69 Å². The minimum Gasteiger partial charge on any atom is -0.399 e. The van der Waals surface area contributed by atoms with E-state index in [1.807, 2.05) is 12.1 Å². The predicted molar refractivity (Wildman–Crippen MR) is 93.1 cm³/mol. The number of rotatable bonds is 3. The number of anilines is 2. The topological polar surface area (TPSA) is 55.0 Å². The van der Waals surface area contributed by atoms with Gasteiger partial charge in [0.1, 0.15) is 0 Å². The van der Waals surface area contributed by atoms with Crippen molar-refractivity contribution in [3.8, 4) is 11.1 Å². The Labute approximate surface area is 130 Å². The molecule has 0 atom stereocenters. The molecule has 0 aliphatic rings. The standard InChI is InChI=1S/C18H20N4/c1-4-22(3)17-9-13(6-5-12(17)2)15-10-14(19)11-16-18(15)21-8-7-20-16/h5-11H,4,19H2,1-3H3. The molecule has 4 nitrogen and oxygen atoms in total. The van der Waals surface area contributed by atoms with Gasteiger partial charge in [-0.2, -0.15) is 0 Å². The van der Waals surface area contributed by atoms with Gasteiger partial charge in [-0.05, 0) is 43.2 Å². The van der Waals surface area contributed by atoms with Gasteiger partial charge in [-0.15, -0.1) is 0 Å². The average Bonchev–Trinajstić information content (AvgIpc) is 2.54. The van der Waals surface area contributed by atoms with Crippen molar-refractivity contribution in [2.24, 2.45) is 0 Å². The van der Waals surface area contributed by atoms with Crippen LogP contribution in [0.25, 0.3) is 22.2 Å². The second-order valence-electron chi connectivity index (χ2n) is 5.51. The summed E-state index contributed by atoms with van der Waals surface area (Å²) in [5.74, 6) is 0. The summed E-state index contributed by atoms with van der Waals surface area (Å²) in [6, 6.07) is 10.3. The van der Waals surface area contributed by atoms with E-state index >= 15 is 0 Å². The zero-order chi connectivity index (χ0) is 15.7. The normalized spacial score (nSPS) is 10.9. The number of nitrogen functional groups attached to an aromatic ring is 1. The molecule has 0 fully saturated rings. The Morgan fingerprint density at radius 3 is 2.64 bits per heavy atom. The Morgan fingerprint density at radius 2 is 1.86 bits per heavy atom. The Kier molecular flexibility index (Phi) is 3.67. The number of hydrogen-bond acceptors (Lipinski definition) is 4. The van der Waals surface area contributed by atoms with Gasteiger partial charge in [0.25, 0.3) is 0 Å². The molecule has 1 heterocycles. The highest BCUT2D eigenvalue weighted by molar-refractivity contribution is 5.94. The third-order valence-electron chi connectivity index (χ3n) is 4.00. The van der Waals surface area contributed by atoms with Crippen LogP contribution in [0.15, 0.2) is 42.7 Å². The quantitative estimate of drug-likeness (QED) is 0.749. The first kappa shape index (κ1) is 14.3. The van der Waals surface area contributed by atoms with Gasteiger partial charge in [-0.3, -0.25) is 9.97 Å². The number of aryl methyl sites for hydroxylation is 1. The number of nitrogens with zero attached hydrogens (tertiary/aromatic N) is 3. The second kappa shape index (κ2) is 5.64. The fourth-order valence-corrected chi connectivity index (χ4v) is 2.68. The third kappa shape index (κ3) is 2.48. The number of nitrogens with two attached hydrogens (primary N) is 1. The Balaban J connectivity index is 2.24. The van der Waals surface area contributed by atoms with Crippen LogP contribution in [0.1, 0.15) is 12.5 Å². The number of aromatic nitrogens is 2. The first-order valence-electron chi connectivity index (χ1n) is 7.42. The van der Waals surface area contributed by atoms with E-state index in [0.717, 1.165) is 28.7 Å². The van der Waals surface area contributed by atoms with E-state index in [1.165, 1.54) is 11.3 Å². The van der Waals surface area contributed by atoms with Crippen molar-refractivity contribution in [1.82, 2.24) is 9.97 Å². The van der Waals surface area contributed by atoms with Crippen LogP contribution < -0.4 is 10.6 Å². The summed E-state index contributed by atoms with van der Waals surface area (Å²) in [4.78, 5) is 11.1. The monoisotopic (exact) mass is 292 g/mol. The summed E-state index contributed by atoms with van der Waals surface area (Å²) >= 11 is 0. The molecule has 3 rings (SSSR count). The molecule has 0 unspecified atom stereocenters. The maximum Gasteiger partial charge on any atom is 0.0966 e. The van der Waals surface area contributed by atoms with Crippen LogP contribution in [0.5, 0.6) is 0 Å². The van der Waals surface area contributed by atoms with Crippen molar-refractivity contribution in [1.29, 1.82) is 0 Å². The van der Waals surface area contributed by atoms with Gasteiger partial charge in [-0.25, -0.2) is 0 Å². The third-order valence-corrected chi connectivity index (χ3v) is 4.00. The zero-order valence-corrected chi connectivity index (χ0v) is 13.2. The van der Waals surface area contributed by atoms with Crippen molar-refractivity contribution in [3.05, 3.63) is 48.3 Å². The van der Waals surface area contributed by atoms with E-state index in [1.54, 1.807) is 12.4 Å². The molecule has 1 aromatic heterocycles.